The highest BCUT2D eigenvalue weighted by atomic mass is 16.2. The van der Waals surface area contributed by atoms with Crippen LogP contribution >= 0.6 is 0 Å². The first-order valence-electron chi connectivity index (χ1n) is 11.5. The average molecular weight is 459 g/mol. The van der Waals surface area contributed by atoms with E-state index in [0.717, 1.165) is 42.1 Å². The van der Waals surface area contributed by atoms with Crippen LogP contribution in [0.4, 0.5) is 0 Å². The van der Waals surface area contributed by atoms with Crippen LogP contribution in [0.15, 0.2) is 47.4 Å². The minimum Gasteiger partial charge on any atom is -0.348 e. The fraction of sp³-hybridized carbons (Fsp3) is 0.320. The fourth-order valence-electron chi connectivity index (χ4n) is 4.69. The second kappa shape index (κ2) is 9.09. The number of benzene rings is 2. The quantitative estimate of drug-likeness (QED) is 0.435. The second-order valence-electron chi connectivity index (χ2n) is 8.86. The largest absolute Gasteiger partial charge is 0.348 e. The van der Waals surface area contributed by atoms with Crippen LogP contribution in [0.5, 0.6) is 0 Å². The zero-order valence-corrected chi connectivity index (χ0v) is 18.9. The van der Waals surface area contributed by atoms with Gasteiger partial charge in [-0.2, -0.15) is 15.4 Å². The van der Waals surface area contributed by atoms with Gasteiger partial charge in [0.05, 0.1) is 0 Å². The van der Waals surface area contributed by atoms with Gasteiger partial charge >= 0.3 is 0 Å². The molecule has 0 spiro atoms. The maximum atomic E-state index is 13.5. The van der Waals surface area contributed by atoms with Gasteiger partial charge in [0.25, 0.3) is 11.8 Å². The SMILES string of the molecule is Cc1cc(C(=O)NC2CCCCCN(C(=O)c3cccc4cc(=O)[nH]cc34)C2)cc2n[nH]nc12. The summed E-state index contributed by atoms with van der Waals surface area (Å²) in [5, 5.41) is 15.4. The summed E-state index contributed by atoms with van der Waals surface area (Å²) in [6.07, 6.45) is 5.28. The summed E-state index contributed by atoms with van der Waals surface area (Å²) in [4.78, 5) is 42.8. The smallest absolute Gasteiger partial charge is 0.254 e. The van der Waals surface area contributed by atoms with Crippen molar-refractivity contribution in [2.24, 2.45) is 0 Å². The number of carbonyl (C=O) groups excluding carboxylic acids is 2. The molecule has 3 N–H and O–H groups in total. The van der Waals surface area contributed by atoms with Crippen molar-refractivity contribution in [1.29, 1.82) is 0 Å². The summed E-state index contributed by atoms with van der Waals surface area (Å²) in [7, 11) is 0. The summed E-state index contributed by atoms with van der Waals surface area (Å²) in [5.41, 5.74) is 3.14. The lowest BCUT2D eigenvalue weighted by molar-refractivity contribution is 0.0708. The Morgan fingerprint density at radius 3 is 2.88 bits per heavy atom. The third-order valence-corrected chi connectivity index (χ3v) is 6.43. The van der Waals surface area contributed by atoms with Crippen molar-refractivity contribution in [3.8, 4) is 0 Å². The van der Waals surface area contributed by atoms with E-state index >= 15 is 0 Å². The number of aryl methyl sites for hydroxylation is 1. The zero-order chi connectivity index (χ0) is 23.7. The van der Waals surface area contributed by atoms with Crippen LogP contribution in [-0.4, -0.2) is 56.2 Å². The number of hydrogen-bond donors (Lipinski definition) is 3. The first-order valence-corrected chi connectivity index (χ1v) is 11.5. The number of amides is 2. The van der Waals surface area contributed by atoms with E-state index < -0.39 is 0 Å². The monoisotopic (exact) mass is 458 g/mol. The normalized spacial score (nSPS) is 16.9. The number of pyridine rings is 1. The molecule has 2 aromatic carbocycles. The molecule has 4 aromatic rings. The predicted octanol–water partition coefficient (Wildman–Crippen LogP) is 2.92. The molecule has 0 aliphatic carbocycles. The van der Waals surface area contributed by atoms with E-state index in [4.69, 9.17) is 0 Å². The zero-order valence-electron chi connectivity index (χ0n) is 18.9. The summed E-state index contributed by atoms with van der Waals surface area (Å²) in [5.74, 6) is -0.285. The third-order valence-electron chi connectivity index (χ3n) is 6.43. The van der Waals surface area contributed by atoms with Crippen LogP contribution in [0.1, 0.15) is 52.0 Å². The summed E-state index contributed by atoms with van der Waals surface area (Å²) in [6, 6.07) is 10.3. The van der Waals surface area contributed by atoms with Gasteiger partial charge in [0.2, 0.25) is 5.56 Å². The van der Waals surface area contributed by atoms with Crippen molar-refractivity contribution in [3.05, 3.63) is 69.6 Å². The highest BCUT2D eigenvalue weighted by Gasteiger charge is 2.25. The Balaban J connectivity index is 1.37. The Labute approximate surface area is 195 Å². The maximum Gasteiger partial charge on any atom is 0.254 e. The molecule has 2 aromatic heterocycles. The molecular formula is C25H26N6O3. The summed E-state index contributed by atoms with van der Waals surface area (Å²) >= 11 is 0. The van der Waals surface area contributed by atoms with E-state index in [2.05, 4.69) is 25.7 Å². The van der Waals surface area contributed by atoms with Crippen molar-refractivity contribution in [2.45, 2.75) is 38.6 Å². The van der Waals surface area contributed by atoms with Gasteiger partial charge in [0.15, 0.2) is 0 Å². The van der Waals surface area contributed by atoms with Crippen molar-refractivity contribution in [3.63, 3.8) is 0 Å². The molecule has 0 radical (unpaired) electrons. The lowest BCUT2D eigenvalue weighted by atomic mass is 10.0. The molecule has 3 heterocycles. The lowest BCUT2D eigenvalue weighted by Crippen LogP contribution is -2.47. The van der Waals surface area contributed by atoms with Gasteiger partial charge in [-0.25, -0.2) is 0 Å². The van der Waals surface area contributed by atoms with Crippen LogP contribution in [0.3, 0.4) is 0 Å². The van der Waals surface area contributed by atoms with Gasteiger partial charge in [0.1, 0.15) is 11.0 Å². The number of aromatic amines is 2. The van der Waals surface area contributed by atoms with Gasteiger partial charge in [-0.3, -0.25) is 14.4 Å². The van der Waals surface area contributed by atoms with Gasteiger partial charge in [0, 0.05) is 47.9 Å². The first kappa shape index (κ1) is 21.8. The summed E-state index contributed by atoms with van der Waals surface area (Å²) in [6.45, 7) is 2.94. The van der Waals surface area contributed by atoms with E-state index in [0.29, 0.717) is 35.1 Å². The molecule has 174 valence electrons. The molecule has 2 amide bonds. The predicted molar refractivity (Wildman–Crippen MR) is 129 cm³/mol. The first-order chi connectivity index (χ1) is 16.5. The van der Waals surface area contributed by atoms with Crippen molar-refractivity contribution >= 4 is 33.6 Å². The van der Waals surface area contributed by atoms with Crippen LogP contribution < -0.4 is 10.9 Å². The molecule has 1 saturated heterocycles. The second-order valence-corrected chi connectivity index (χ2v) is 8.86. The number of rotatable bonds is 3. The molecule has 1 aliphatic heterocycles. The molecule has 0 bridgehead atoms. The molecular weight excluding hydrogens is 432 g/mol. The number of likely N-dealkylation sites (tertiary alicyclic amines) is 1. The topological polar surface area (TPSA) is 124 Å². The number of fused-ring (bicyclic) bond motifs is 2. The van der Waals surface area contributed by atoms with Gasteiger partial charge in [-0.15, -0.1) is 0 Å². The van der Waals surface area contributed by atoms with Gasteiger partial charge in [-0.1, -0.05) is 25.0 Å². The van der Waals surface area contributed by atoms with E-state index in [1.807, 2.05) is 24.0 Å². The van der Waals surface area contributed by atoms with Crippen LogP contribution in [0, 0.1) is 6.92 Å². The van der Waals surface area contributed by atoms with Crippen molar-refractivity contribution < 1.29 is 9.59 Å². The highest BCUT2D eigenvalue weighted by molar-refractivity contribution is 6.06. The Hall–Kier alpha value is -4.01. The van der Waals surface area contributed by atoms with E-state index in [-0.39, 0.29) is 23.4 Å². The van der Waals surface area contributed by atoms with E-state index in [9.17, 15) is 14.4 Å². The Morgan fingerprint density at radius 1 is 1.12 bits per heavy atom. The minimum atomic E-state index is -0.204. The molecule has 1 aliphatic rings. The maximum absolute atomic E-state index is 13.5. The molecule has 1 unspecified atom stereocenters. The number of hydrogen-bond acceptors (Lipinski definition) is 5. The fourth-order valence-corrected chi connectivity index (χ4v) is 4.69. The number of carbonyl (C=O) groups is 2. The molecule has 5 rings (SSSR count). The van der Waals surface area contributed by atoms with E-state index in [1.165, 1.54) is 6.07 Å². The Morgan fingerprint density at radius 2 is 2.00 bits per heavy atom. The third kappa shape index (κ3) is 4.28. The molecule has 1 fully saturated rings. The number of nitrogens with one attached hydrogen (secondary N) is 3. The minimum absolute atomic E-state index is 0.0985. The highest BCUT2D eigenvalue weighted by Crippen LogP contribution is 2.21. The molecule has 1 atom stereocenters. The summed E-state index contributed by atoms with van der Waals surface area (Å²) < 4.78 is 0. The van der Waals surface area contributed by atoms with Gasteiger partial charge in [-0.05, 0) is 48.9 Å². The Kier molecular flexibility index (Phi) is 5.83. The number of aromatic nitrogens is 4. The average Bonchev–Trinajstić information content (AvgIpc) is 3.29. The number of nitrogens with zero attached hydrogens (tertiary/aromatic N) is 3. The molecule has 34 heavy (non-hydrogen) atoms. The van der Waals surface area contributed by atoms with Crippen molar-refractivity contribution in [2.75, 3.05) is 13.1 Å². The van der Waals surface area contributed by atoms with Crippen molar-refractivity contribution in [1.82, 2.24) is 30.6 Å². The molecule has 9 heteroatoms. The Bertz CT molecular complexity index is 1440. The lowest BCUT2D eigenvalue weighted by Gasteiger charge is -2.31. The molecule has 9 nitrogen and oxygen atoms in total. The van der Waals surface area contributed by atoms with Crippen LogP contribution in [-0.2, 0) is 0 Å². The van der Waals surface area contributed by atoms with E-state index in [1.54, 1.807) is 24.4 Å². The number of H-pyrrole nitrogens is 2. The van der Waals surface area contributed by atoms with Crippen LogP contribution in [0.2, 0.25) is 0 Å². The molecule has 0 saturated carbocycles. The van der Waals surface area contributed by atoms with Crippen LogP contribution in [0.25, 0.3) is 21.8 Å². The standard InChI is InChI=1S/C25H26N6O3/c1-15-10-17(11-21-23(15)29-30-28-21)24(33)27-18-7-3-2-4-9-31(14-18)25(34)19-8-5-6-16-12-22(32)26-13-20(16)19/h5-6,8,10-13,18H,2-4,7,9,14H2,1H3,(H,26,32)(H,27,33)(H,28,29,30). The van der Waals surface area contributed by atoms with Gasteiger partial charge < -0.3 is 15.2 Å².